The third kappa shape index (κ3) is 3.58. The first-order valence-corrected chi connectivity index (χ1v) is 17.0. The molecule has 3 heteroatoms. The van der Waals surface area contributed by atoms with Gasteiger partial charge in [0.2, 0.25) is 0 Å². The van der Waals surface area contributed by atoms with Crippen LogP contribution < -0.4 is 0 Å². The second-order valence-electron chi connectivity index (χ2n) is 7.38. The molecule has 0 N–H and O–H groups in total. The summed E-state index contributed by atoms with van der Waals surface area (Å²) in [6.45, 7) is 2.17. The van der Waals surface area contributed by atoms with Crippen LogP contribution >= 0.6 is 17.0 Å². The Morgan fingerprint density at radius 3 is 2.32 bits per heavy atom. The Hall–Kier alpha value is -0.357. The van der Waals surface area contributed by atoms with Gasteiger partial charge in [0, 0.05) is 0 Å². The van der Waals surface area contributed by atoms with E-state index in [1.807, 2.05) is 0 Å². The zero-order chi connectivity index (χ0) is 17.4. The van der Waals surface area contributed by atoms with Crippen LogP contribution in [-0.2, 0) is 19.4 Å². The summed E-state index contributed by atoms with van der Waals surface area (Å²) >= 11 is -2.36. The van der Waals surface area contributed by atoms with Gasteiger partial charge >= 0.3 is 167 Å². The molecule has 1 saturated carbocycles. The molecule has 0 amide bonds. The van der Waals surface area contributed by atoms with Gasteiger partial charge in [-0.15, -0.1) is 0 Å². The van der Waals surface area contributed by atoms with Crippen LogP contribution in [0.1, 0.15) is 65.3 Å². The van der Waals surface area contributed by atoms with E-state index < -0.39 is 19.4 Å². The number of halogens is 2. The van der Waals surface area contributed by atoms with Crippen LogP contribution in [0.4, 0.5) is 0 Å². The number of benzene rings is 2. The first-order chi connectivity index (χ1) is 12.1. The number of allylic oxidation sites excluding steroid dienone is 1. The van der Waals surface area contributed by atoms with Crippen LogP contribution in [0.5, 0.6) is 0 Å². The predicted molar refractivity (Wildman–Crippen MR) is 106 cm³/mol. The summed E-state index contributed by atoms with van der Waals surface area (Å²) in [5.41, 5.74) is 8.13. The van der Waals surface area contributed by atoms with Crippen LogP contribution in [0, 0.1) is 0 Å². The zero-order valence-corrected chi connectivity index (χ0v) is 18.5. The SMILES string of the molecule is CC1=Cc2c(-c3ccc(C4CCCCC4)cc3)cccc2[CH]1[Zr]([Cl])[Cl]. The van der Waals surface area contributed by atoms with E-state index in [9.17, 15) is 0 Å². The molecule has 25 heavy (non-hydrogen) atoms. The van der Waals surface area contributed by atoms with Gasteiger partial charge in [-0.25, -0.2) is 0 Å². The summed E-state index contributed by atoms with van der Waals surface area (Å²) in [4.78, 5) is 0. The van der Waals surface area contributed by atoms with Gasteiger partial charge in [-0.05, 0) is 0 Å². The van der Waals surface area contributed by atoms with Crippen LogP contribution in [0.25, 0.3) is 17.2 Å². The van der Waals surface area contributed by atoms with E-state index in [1.165, 1.54) is 65.5 Å². The average molecular weight is 450 g/mol. The van der Waals surface area contributed by atoms with E-state index in [-0.39, 0.29) is 0 Å². The third-order valence-electron chi connectivity index (χ3n) is 5.79. The maximum absolute atomic E-state index is 6.43. The Morgan fingerprint density at radius 1 is 0.920 bits per heavy atom. The molecule has 0 nitrogen and oxygen atoms in total. The molecule has 0 aromatic heterocycles. The van der Waals surface area contributed by atoms with E-state index >= 15 is 0 Å². The molecule has 129 valence electrons. The van der Waals surface area contributed by atoms with Crippen molar-refractivity contribution < 1.29 is 19.4 Å². The number of hydrogen-bond acceptors (Lipinski definition) is 0. The second kappa shape index (κ2) is 7.71. The molecule has 0 spiro atoms. The maximum atomic E-state index is 6.43. The molecule has 2 aromatic carbocycles. The van der Waals surface area contributed by atoms with E-state index in [2.05, 4.69) is 55.5 Å². The molecule has 1 atom stereocenters. The molecule has 2 aromatic rings. The van der Waals surface area contributed by atoms with Gasteiger partial charge in [0.05, 0.1) is 0 Å². The Labute approximate surface area is 166 Å². The van der Waals surface area contributed by atoms with E-state index in [1.54, 1.807) is 0 Å². The van der Waals surface area contributed by atoms with Crippen LogP contribution in [-0.4, -0.2) is 0 Å². The predicted octanol–water partition coefficient (Wildman–Crippen LogP) is 7.79. The van der Waals surface area contributed by atoms with Crippen molar-refractivity contribution in [1.29, 1.82) is 0 Å². The molecule has 0 radical (unpaired) electrons. The minimum atomic E-state index is -2.36. The standard InChI is InChI=1S/C22H23.2ClH.Zr/c1-16-14-20-8-5-9-21(22(20)15-16)19-12-10-18(11-13-19)17-6-3-2-4-7-17;;;/h5,8-15,17H,2-4,6-7H2,1H3;2*1H;/q;;;+2/p-2. The molecule has 0 saturated heterocycles. The summed E-state index contributed by atoms with van der Waals surface area (Å²) in [6, 6.07) is 15.9. The molecule has 1 unspecified atom stereocenters. The van der Waals surface area contributed by atoms with Gasteiger partial charge in [0.15, 0.2) is 0 Å². The molecule has 2 aliphatic rings. The van der Waals surface area contributed by atoms with Gasteiger partial charge in [0.1, 0.15) is 0 Å². The quantitative estimate of drug-likeness (QED) is 0.449. The van der Waals surface area contributed by atoms with Crippen LogP contribution in [0.3, 0.4) is 0 Å². The fourth-order valence-corrected chi connectivity index (χ4v) is 10.1. The van der Waals surface area contributed by atoms with Gasteiger partial charge in [-0.1, -0.05) is 0 Å². The van der Waals surface area contributed by atoms with Crippen LogP contribution in [0.15, 0.2) is 48.0 Å². The molecule has 1 fully saturated rings. The summed E-state index contributed by atoms with van der Waals surface area (Å²) in [7, 11) is 12.9. The van der Waals surface area contributed by atoms with Crippen LogP contribution in [0.2, 0.25) is 0 Å². The van der Waals surface area contributed by atoms with E-state index in [4.69, 9.17) is 17.0 Å². The van der Waals surface area contributed by atoms with Gasteiger partial charge in [0.25, 0.3) is 0 Å². The van der Waals surface area contributed by atoms with Crippen molar-refractivity contribution in [2.24, 2.45) is 0 Å². The van der Waals surface area contributed by atoms with Crippen molar-refractivity contribution in [2.75, 3.05) is 0 Å². The van der Waals surface area contributed by atoms with Crippen molar-refractivity contribution >= 4 is 23.1 Å². The average Bonchev–Trinajstić information content (AvgIpc) is 2.98. The Kier molecular flexibility index (Phi) is 5.56. The molecule has 0 bridgehead atoms. The Balaban J connectivity index is 1.67. The topological polar surface area (TPSA) is 0 Å². The monoisotopic (exact) mass is 447 g/mol. The minimum absolute atomic E-state index is 0.308. The van der Waals surface area contributed by atoms with E-state index in [0.29, 0.717) is 3.63 Å². The number of fused-ring (bicyclic) bond motifs is 1. The van der Waals surface area contributed by atoms with Crippen molar-refractivity contribution in [3.63, 3.8) is 0 Å². The fourth-order valence-electron chi connectivity index (χ4n) is 4.46. The van der Waals surface area contributed by atoms with Gasteiger partial charge in [-0.2, -0.15) is 0 Å². The Morgan fingerprint density at radius 2 is 1.64 bits per heavy atom. The number of rotatable bonds is 3. The van der Waals surface area contributed by atoms with Gasteiger partial charge in [-0.3, -0.25) is 0 Å². The first kappa shape index (κ1) is 18.0. The summed E-state index contributed by atoms with van der Waals surface area (Å²) in [5, 5.41) is 0. The molecule has 2 aliphatic carbocycles. The Bertz CT molecular complexity index is 786. The summed E-state index contributed by atoms with van der Waals surface area (Å²) in [5.74, 6) is 0.762. The normalized spacial score (nSPS) is 20.3. The van der Waals surface area contributed by atoms with Crippen molar-refractivity contribution in [3.05, 3.63) is 64.7 Å². The summed E-state index contributed by atoms with van der Waals surface area (Å²) < 4.78 is 0.308. The zero-order valence-electron chi connectivity index (χ0n) is 14.6. The molecular formula is C22H23Cl2Zr. The molecular weight excluding hydrogens is 426 g/mol. The fraction of sp³-hybridized carbons (Fsp3) is 0.364. The molecule has 0 aliphatic heterocycles. The number of hydrogen-bond donors (Lipinski definition) is 0. The summed E-state index contributed by atoms with van der Waals surface area (Å²) in [6.07, 6.45) is 9.17. The molecule has 4 rings (SSSR count). The third-order valence-corrected chi connectivity index (χ3v) is 11.3. The van der Waals surface area contributed by atoms with Crippen molar-refractivity contribution in [3.8, 4) is 11.1 Å². The first-order valence-electron chi connectivity index (χ1n) is 9.24. The van der Waals surface area contributed by atoms with Crippen molar-refractivity contribution in [2.45, 2.75) is 48.6 Å². The van der Waals surface area contributed by atoms with Gasteiger partial charge < -0.3 is 0 Å². The van der Waals surface area contributed by atoms with E-state index in [0.717, 1.165) is 5.92 Å². The molecule has 0 heterocycles. The second-order valence-corrected chi connectivity index (χ2v) is 16.2. The van der Waals surface area contributed by atoms with Crippen molar-refractivity contribution in [1.82, 2.24) is 0 Å².